The molecular formula is C60H84N2O18. The van der Waals surface area contributed by atoms with E-state index < -0.39 is 165 Å². The number of aliphatic carboxylic acids is 1. The topological polar surface area (TPSA) is 349 Å². The molecule has 0 aromatic heterocycles. The van der Waals surface area contributed by atoms with E-state index in [1.165, 1.54) is 13.0 Å². The van der Waals surface area contributed by atoms with Crippen LogP contribution in [0.25, 0.3) is 10.8 Å². The van der Waals surface area contributed by atoms with Crippen molar-refractivity contribution in [1.82, 2.24) is 5.32 Å². The van der Waals surface area contributed by atoms with Crippen molar-refractivity contribution < 1.29 is 89.5 Å². The third-order valence-corrected chi connectivity index (χ3v) is 14.9. The van der Waals surface area contributed by atoms with Gasteiger partial charge in [-0.3, -0.25) is 14.4 Å². The van der Waals surface area contributed by atoms with Gasteiger partial charge in [-0.05, 0) is 55.9 Å². The third kappa shape index (κ3) is 20.0. The fourth-order valence-electron chi connectivity index (χ4n) is 10.2. The Kier molecular flexibility index (Phi) is 26.1. The second kappa shape index (κ2) is 31.8. The van der Waals surface area contributed by atoms with Gasteiger partial charge in [0, 0.05) is 37.5 Å². The Morgan fingerprint density at radius 2 is 1.30 bits per heavy atom. The second-order valence-corrected chi connectivity index (χ2v) is 21.5. The minimum absolute atomic E-state index is 0.131. The van der Waals surface area contributed by atoms with Crippen molar-refractivity contribution in [2.24, 2.45) is 23.5 Å². The first kappa shape index (κ1) is 65.5. The minimum atomic E-state index is -2.40. The van der Waals surface area contributed by atoms with Crippen LogP contribution < -0.4 is 11.1 Å². The molecule has 80 heavy (non-hydrogen) atoms. The molecule has 0 saturated carbocycles. The van der Waals surface area contributed by atoms with Crippen LogP contribution >= 0.6 is 0 Å². The number of rotatable bonds is 7. The summed E-state index contributed by atoms with van der Waals surface area (Å²) in [6.07, 6.45) is 1.79. The van der Waals surface area contributed by atoms with Gasteiger partial charge in [0.2, 0.25) is 5.91 Å². The number of nitrogens with one attached hydrogen (secondary N) is 1. The van der Waals surface area contributed by atoms with Gasteiger partial charge >= 0.3 is 11.9 Å². The third-order valence-electron chi connectivity index (χ3n) is 14.9. The SMILES string of the molecule is C[C@@H]1[C@H](O)[C@@H](C)/C=C/C=C/C=C/C=C/C=C/C=C/C=C/[C@H](O[C@@H]2O[C@@H](C)[C@@H](O)[C@H](NC(=O)[C@H](N)Cc3cccc4ccccc34)[C@@H]2O)C[C@@H]2O[C@](O)(C[C@@H](O)C[C@@H](O)[C@H](O)CC[C@@H](O)C[C@@H](O)CC(=O)O[C@H]1C)C[C@H](O)[C@H]2C(=O)O. The van der Waals surface area contributed by atoms with Gasteiger partial charge in [0.1, 0.15) is 24.2 Å². The van der Waals surface area contributed by atoms with Gasteiger partial charge in [-0.15, -0.1) is 0 Å². The Balaban J connectivity index is 1.37. The van der Waals surface area contributed by atoms with Crippen LogP contribution in [0, 0.1) is 17.8 Å². The fourth-order valence-corrected chi connectivity index (χ4v) is 10.2. The van der Waals surface area contributed by atoms with Crippen LogP contribution in [-0.4, -0.2) is 178 Å². The van der Waals surface area contributed by atoms with Crippen molar-refractivity contribution in [3.05, 3.63) is 133 Å². The van der Waals surface area contributed by atoms with Gasteiger partial charge in [-0.1, -0.05) is 141 Å². The molecule has 5 rings (SSSR count). The fraction of sp³-hybridized carbons (Fsp3) is 0.550. The molecule has 3 aliphatic heterocycles. The van der Waals surface area contributed by atoms with Crippen molar-refractivity contribution in [1.29, 1.82) is 0 Å². The predicted molar refractivity (Wildman–Crippen MR) is 297 cm³/mol. The monoisotopic (exact) mass is 1120 g/mol. The molecule has 2 aromatic rings. The molecule has 20 heteroatoms. The van der Waals surface area contributed by atoms with Crippen LogP contribution in [0.3, 0.4) is 0 Å². The van der Waals surface area contributed by atoms with Crippen molar-refractivity contribution in [2.75, 3.05) is 0 Å². The normalized spacial score (nSPS) is 39.5. The van der Waals surface area contributed by atoms with Crippen molar-refractivity contribution >= 4 is 28.6 Å². The molecule has 442 valence electrons. The molecule has 20 nitrogen and oxygen atoms in total. The van der Waals surface area contributed by atoms with Crippen molar-refractivity contribution in [3.63, 3.8) is 0 Å². The Morgan fingerprint density at radius 1 is 0.688 bits per heavy atom. The lowest BCUT2D eigenvalue weighted by atomic mass is 9.82. The molecule has 20 atom stereocenters. The largest absolute Gasteiger partial charge is 0.481 e. The van der Waals surface area contributed by atoms with Crippen LogP contribution in [0.5, 0.6) is 0 Å². The highest BCUT2D eigenvalue weighted by atomic mass is 16.7. The smallest absolute Gasteiger partial charge is 0.311 e. The number of carbonyl (C=O) groups excluding carboxylic acids is 2. The van der Waals surface area contributed by atoms with E-state index in [1.807, 2.05) is 55.5 Å². The second-order valence-electron chi connectivity index (χ2n) is 21.5. The van der Waals surface area contributed by atoms with Gasteiger partial charge in [0.15, 0.2) is 12.1 Å². The number of ether oxygens (including phenoxy) is 4. The lowest BCUT2D eigenvalue weighted by Crippen LogP contribution is -2.65. The molecule has 2 aromatic carbocycles. The first-order chi connectivity index (χ1) is 38.0. The molecule has 2 fully saturated rings. The molecule has 3 aliphatic rings. The molecule has 2 bridgehead atoms. The zero-order valence-electron chi connectivity index (χ0n) is 45.8. The first-order valence-corrected chi connectivity index (χ1v) is 27.4. The summed E-state index contributed by atoms with van der Waals surface area (Å²) in [5.41, 5.74) is 7.22. The van der Waals surface area contributed by atoms with E-state index in [0.29, 0.717) is 0 Å². The van der Waals surface area contributed by atoms with E-state index >= 15 is 0 Å². The summed E-state index contributed by atoms with van der Waals surface area (Å²) in [5, 5.41) is 126. The Hall–Kier alpha value is -5.27. The van der Waals surface area contributed by atoms with E-state index in [9.17, 15) is 70.6 Å². The zero-order valence-corrected chi connectivity index (χ0v) is 45.8. The van der Waals surface area contributed by atoms with Crippen LogP contribution in [-0.2, 0) is 39.8 Å². The van der Waals surface area contributed by atoms with Crippen LogP contribution in [0.2, 0.25) is 0 Å². The number of allylic oxidation sites excluding steroid dienone is 12. The highest BCUT2D eigenvalue weighted by molar-refractivity contribution is 5.87. The first-order valence-electron chi connectivity index (χ1n) is 27.4. The van der Waals surface area contributed by atoms with Gasteiger partial charge in [-0.2, -0.15) is 0 Å². The molecule has 0 aliphatic carbocycles. The molecule has 1 amide bonds. The number of fused-ring (bicyclic) bond motifs is 3. The molecule has 14 N–H and O–H groups in total. The predicted octanol–water partition coefficient (Wildman–Crippen LogP) is 2.59. The zero-order chi connectivity index (χ0) is 58.7. The maximum atomic E-state index is 13.6. The number of benzene rings is 2. The number of aliphatic hydroxyl groups is 10. The summed E-state index contributed by atoms with van der Waals surface area (Å²) < 4.78 is 23.8. The summed E-state index contributed by atoms with van der Waals surface area (Å²) in [7, 11) is 0. The average molecular weight is 1120 g/mol. The Morgan fingerprint density at radius 3 is 1.95 bits per heavy atom. The average Bonchev–Trinajstić information content (AvgIpc) is 3.40. The van der Waals surface area contributed by atoms with Crippen LogP contribution in [0.4, 0.5) is 0 Å². The van der Waals surface area contributed by atoms with Gasteiger partial charge in [0.25, 0.3) is 0 Å². The number of esters is 1. The minimum Gasteiger partial charge on any atom is -0.481 e. The summed E-state index contributed by atoms with van der Waals surface area (Å²) in [6.45, 7) is 6.70. The van der Waals surface area contributed by atoms with E-state index in [4.69, 9.17) is 24.7 Å². The molecule has 0 spiro atoms. The molecule has 2 saturated heterocycles. The molecule has 0 unspecified atom stereocenters. The van der Waals surface area contributed by atoms with E-state index in [1.54, 1.807) is 86.8 Å². The van der Waals surface area contributed by atoms with Gasteiger partial charge in [-0.25, -0.2) is 0 Å². The van der Waals surface area contributed by atoms with E-state index in [0.717, 1.165) is 16.3 Å². The lowest BCUT2D eigenvalue weighted by molar-refractivity contribution is -0.309. The van der Waals surface area contributed by atoms with Crippen LogP contribution in [0.15, 0.2) is 128 Å². The summed E-state index contributed by atoms with van der Waals surface area (Å²) in [6, 6.07) is 10.8. The highest BCUT2D eigenvalue weighted by Crippen LogP contribution is 2.38. The van der Waals surface area contributed by atoms with Crippen molar-refractivity contribution in [3.8, 4) is 0 Å². The van der Waals surface area contributed by atoms with Crippen molar-refractivity contribution in [2.45, 2.75) is 189 Å². The summed E-state index contributed by atoms with van der Waals surface area (Å²) >= 11 is 0. The number of carboxylic acids is 1. The van der Waals surface area contributed by atoms with Crippen LogP contribution in [0.1, 0.15) is 84.6 Å². The maximum Gasteiger partial charge on any atom is 0.311 e. The molecule has 3 heterocycles. The maximum absolute atomic E-state index is 13.6. The number of hydrogen-bond donors (Lipinski definition) is 13. The highest BCUT2D eigenvalue weighted by Gasteiger charge is 2.51. The number of hydrogen-bond acceptors (Lipinski definition) is 18. The van der Waals surface area contributed by atoms with E-state index in [-0.39, 0.29) is 31.6 Å². The Bertz CT molecular complexity index is 2490. The lowest BCUT2D eigenvalue weighted by Gasteiger charge is -2.45. The van der Waals surface area contributed by atoms with Gasteiger partial charge < -0.3 is 86.2 Å². The van der Waals surface area contributed by atoms with E-state index in [2.05, 4.69) is 5.32 Å². The number of aliphatic hydroxyl groups excluding tert-OH is 9. The number of nitrogens with two attached hydrogens (primary N) is 1. The Labute approximate surface area is 467 Å². The number of carboxylic acid groups (broad SMARTS) is 1. The quantitative estimate of drug-likeness (QED) is 0.177. The van der Waals surface area contributed by atoms with Gasteiger partial charge in [0.05, 0.1) is 79.5 Å². The molecule has 0 radical (unpaired) electrons. The number of amides is 1. The summed E-state index contributed by atoms with van der Waals surface area (Å²) in [4.78, 5) is 39.1. The number of carbonyl (C=O) groups is 3. The summed E-state index contributed by atoms with van der Waals surface area (Å²) in [5.74, 6) is -7.74. The molecular weight excluding hydrogens is 1040 g/mol. The number of cyclic esters (lactones) is 1. The standard InChI is InChI=1S/C60H84N2O18/c1-35-20-15-13-11-9-7-5-6-8-10-12-14-16-24-44(79-59-56(72)53(55(71)38(4)78-59)62-57(73)46(61)28-40-23-19-22-39-21-17-18-25-45(39)40)32-50-52(58(74)75)49(68)34-60(76,80-50)33-43(65)30-48(67)47(66)27-26-41(63)29-42(64)31-51(69)77-37(3)36(2)54(35)70/h5-25,35-38,41-44,46-50,52-56,59,63-68,70-72,76H,26-34,61H2,1-4H3,(H,62,73)(H,74,75)/b6-5+,9-7+,10-8+,13-11+,14-12+,20-15+,24-16+/t35-,36-,37-,38-,41+,42+,43-,44-,46+,47+,48+,49-,50-,52+,53-,54+,55+,56-,59-,60+/m0/s1.